The van der Waals surface area contributed by atoms with Gasteiger partial charge in [-0.05, 0) is 31.0 Å². The molecule has 0 aliphatic heterocycles. The van der Waals surface area contributed by atoms with E-state index in [4.69, 9.17) is 5.14 Å². The number of thiophene rings is 1. The first kappa shape index (κ1) is 16.7. The highest BCUT2D eigenvalue weighted by Gasteiger charge is 2.11. The molecule has 1 aromatic carbocycles. The van der Waals surface area contributed by atoms with Crippen LogP contribution in [0.4, 0.5) is 0 Å². The second-order valence-electron chi connectivity index (χ2n) is 5.03. The lowest BCUT2D eigenvalue weighted by molar-refractivity contribution is -0.120. The van der Waals surface area contributed by atoms with Crippen LogP contribution in [0.5, 0.6) is 0 Å². The molecule has 0 aliphatic rings. The summed E-state index contributed by atoms with van der Waals surface area (Å²) >= 11 is 1.13. The Bertz CT molecular complexity index is 749. The van der Waals surface area contributed by atoms with Crippen LogP contribution in [0.25, 0.3) is 0 Å². The molecule has 0 bridgehead atoms. The summed E-state index contributed by atoms with van der Waals surface area (Å²) in [5.41, 5.74) is 2.13. The molecule has 2 rings (SSSR count). The number of hydrogen-bond acceptors (Lipinski definition) is 4. The van der Waals surface area contributed by atoms with Gasteiger partial charge < -0.3 is 5.32 Å². The third kappa shape index (κ3) is 4.94. The minimum Gasteiger partial charge on any atom is -0.355 e. The number of aryl methyl sites for hydroxylation is 1. The van der Waals surface area contributed by atoms with Crippen LogP contribution in [0, 0.1) is 6.92 Å². The average molecular weight is 338 g/mol. The van der Waals surface area contributed by atoms with Crippen molar-refractivity contribution in [3.05, 3.63) is 52.4 Å². The average Bonchev–Trinajstić information content (AvgIpc) is 2.90. The van der Waals surface area contributed by atoms with Crippen LogP contribution in [0.15, 0.2) is 40.6 Å². The van der Waals surface area contributed by atoms with E-state index in [-0.39, 0.29) is 10.1 Å². The van der Waals surface area contributed by atoms with Gasteiger partial charge in [-0.3, -0.25) is 4.79 Å². The normalized spacial score (nSPS) is 11.4. The molecule has 0 fully saturated rings. The number of hydrogen-bond donors (Lipinski definition) is 2. The van der Waals surface area contributed by atoms with Gasteiger partial charge in [-0.15, -0.1) is 11.3 Å². The zero-order chi connectivity index (χ0) is 16.2. The third-order valence-electron chi connectivity index (χ3n) is 3.10. The van der Waals surface area contributed by atoms with Crippen LogP contribution >= 0.6 is 11.3 Å². The molecule has 2 aromatic rings. The summed E-state index contributed by atoms with van der Waals surface area (Å²) in [6.45, 7) is 2.47. The number of rotatable bonds is 6. The van der Waals surface area contributed by atoms with Gasteiger partial charge in [0.2, 0.25) is 15.9 Å². The highest BCUT2D eigenvalue weighted by Crippen LogP contribution is 2.20. The second kappa shape index (κ2) is 7.04. The van der Waals surface area contributed by atoms with Crippen LogP contribution in [0.3, 0.4) is 0 Å². The molecule has 0 spiro atoms. The molecule has 0 saturated heterocycles. The first-order valence-corrected chi connectivity index (χ1v) is 9.14. The van der Waals surface area contributed by atoms with Gasteiger partial charge in [-0.25, -0.2) is 13.6 Å². The summed E-state index contributed by atoms with van der Waals surface area (Å²) in [6, 6.07) is 11.0. The summed E-state index contributed by atoms with van der Waals surface area (Å²) in [7, 11) is -3.64. The second-order valence-corrected chi connectivity index (χ2v) is 7.98. The lowest BCUT2D eigenvalue weighted by Crippen LogP contribution is -2.27. The molecule has 0 radical (unpaired) electrons. The molecule has 0 atom stereocenters. The fraction of sp³-hybridized carbons (Fsp3) is 0.267. The maximum atomic E-state index is 11.8. The number of carbonyl (C=O) groups is 1. The van der Waals surface area contributed by atoms with E-state index >= 15 is 0 Å². The molecule has 3 N–H and O–H groups in total. The monoisotopic (exact) mass is 338 g/mol. The summed E-state index contributed by atoms with van der Waals surface area (Å²) in [5, 5.41) is 7.89. The van der Waals surface area contributed by atoms with Crippen molar-refractivity contribution in [2.45, 2.75) is 24.0 Å². The molecule has 0 aliphatic carbocycles. The van der Waals surface area contributed by atoms with E-state index in [1.165, 1.54) is 6.07 Å². The largest absolute Gasteiger partial charge is 0.355 e. The third-order valence-corrected chi connectivity index (χ3v) is 5.68. The minimum absolute atomic E-state index is 0.0490. The van der Waals surface area contributed by atoms with E-state index in [1.807, 2.05) is 31.2 Å². The number of nitrogens with one attached hydrogen (secondary N) is 1. The SMILES string of the molecule is Cc1ccc(CC(=O)NCCc2ccc(S(N)(=O)=O)s2)cc1. The van der Waals surface area contributed by atoms with Gasteiger partial charge in [0.25, 0.3) is 0 Å². The van der Waals surface area contributed by atoms with Gasteiger partial charge in [-0.2, -0.15) is 0 Å². The molecule has 0 saturated carbocycles. The highest BCUT2D eigenvalue weighted by molar-refractivity contribution is 7.91. The van der Waals surface area contributed by atoms with Crippen molar-refractivity contribution in [2.24, 2.45) is 5.14 Å². The van der Waals surface area contributed by atoms with Crippen LogP contribution in [-0.4, -0.2) is 20.9 Å². The number of carbonyl (C=O) groups excluding carboxylic acids is 1. The highest BCUT2D eigenvalue weighted by atomic mass is 32.2. The molecule has 7 heteroatoms. The number of nitrogens with two attached hydrogens (primary N) is 1. The Morgan fingerprint density at radius 3 is 2.45 bits per heavy atom. The zero-order valence-corrected chi connectivity index (χ0v) is 13.8. The predicted octanol–water partition coefficient (Wildman–Crippen LogP) is 1.61. The Kier molecular flexibility index (Phi) is 5.33. The van der Waals surface area contributed by atoms with E-state index in [1.54, 1.807) is 6.07 Å². The van der Waals surface area contributed by atoms with E-state index < -0.39 is 10.0 Å². The number of amides is 1. The molecule has 22 heavy (non-hydrogen) atoms. The van der Waals surface area contributed by atoms with Crippen molar-refractivity contribution < 1.29 is 13.2 Å². The van der Waals surface area contributed by atoms with E-state index in [0.29, 0.717) is 19.4 Å². The molecule has 1 heterocycles. The van der Waals surface area contributed by atoms with Crippen molar-refractivity contribution in [1.29, 1.82) is 0 Å². The van der Waals surface area contributed by atoms with Crippen molar-refractivity contribution in [2.75, 3.05) is 6.54 Å². The van der Waals surface area contributed by atoms with Crippen LogP contribution < -0.4 is 10.5 Å². The predicted molar refractivity (Wildman–Crippen MR) is 87.3 cm³/mol. The molecule has 0 unspecified atom stereocenters. The standard InChI is InChI=1S/C15H18N2O3S2/c1-11-2-4-12(5-3-11)10-14(18)17-9-8-13-6-7-15(21-13)22(16,19)20/h2-7H,8-10H2,1H3,(H,17,18)(H2,16,19,20). The van der Waals surface area contributed by atoms with E-state index in [0.717, 1.165) is 27.3 Å². The Morgan fingerprint density at radius 2 is 1.86 bits per heavy atom. The molecule has 118 valence electrons. The Balaban J connectivity index is 1.79. The summed E-state index contributed by atoms with van der Waals surface area (Å²) in [5.74, 6) is -0.0490. The smallest absolute Gasteiger partial charge is 0.247 e. The summed E-state index contributed by atoms with van der Waals surface area (Å²) in [4.78, 5) is 12.7. The lowest BCUT2D eigenvalue weighted by Gasteiger charge is -2.05. The molecule has 5 nitrogen and oxygen atoms in total. The molecular formula is C15H18N2O3S2. The van der Waals surface area contributed by atoms with Crippen LogP contribution in [0.2, 0.25) is 0 Å². The number of benzene rings is 1. The first-order valence-electron chi connectivity index (χ1n) is 6.78. The zero-order valence-electron chi connectivity index (χ0n) is 12.2. The minimum atomic E-state index is -3.64. The Labute approximate surface area is 134 Å². The summed E-state index contributed by atoms with van der Waals surface area (Å²) in [6.07, 6.45) is 0.924. The van der Waals surface area contributed by atoms with Gasteiger partial charge in [0.05, 0.1) is 6.42 Å². The van der Waals surface area contributed by atoms with Gasteiger partial charge in [0, 0.05) is 11.4 Å². The van der Waals surface area contributed by atoms with Crippen molar-refractivity contribution in [3.8, 4) is 0 Å². The van der Waals surface area contributed by atoms with Gasteiger partial charge in [0.1, 0.15) is 4.21 Å². The maximum absolute atomic E-state index is 11.8. The Morgan fingerprint density at radius 1 is 1.18 bits per heavy atom. The lowest BCUT2D eigenvalue weighted by atomic mass is 10.1. The fourth-order valence-electron chi connectivity index (χ4n) is 1.92. The maximum Gasteiger partial charge on any atom is 0.247 e. The van der Waals surface area contributed by atoms with E-state index in [2.05, 4.69) is 5.32 Å². The van der Waals surface area contributed by atoms with Crippen molar-refractivity contribution in [3.63, 3.8) is 0 Å². The van der Waals surface area contributed by atoms with Crippen molar-refractivity contribution in [1.82, 2.24) is 5.32 Å². The number of sulfonamides is 1. The van der Waals surface area contributed by atoms with Crippen LogP contribution in [0.1, 0.15) is 16.0 Å². The quantitative estimate of drug-likeness (QED) is 0.838. The van der Waals surface area contributed by atoms with Crippen molar-refractivity contribution >= 4 is 27.3 Å². The van der Waals surface area contributed by atoms with Crippen LogP contribution in [-0.2, 0) is 27.7 Å². The van der Waals surface area contributed by atoms with E-state index in [9.17, 15) is 13.2 Å². The Hall–Kier alpha value is -1.70. The summed E-state index contributed by atoms with van der Waals surface area (Å²) < 4.78 is 22.5. The first-order chi connectivity index (χ1) is 10.3. The molecule has 1 aromatic heterocycles. The topological polar surface area (TPSA) is 89.3 Å². The molecular weight excluding hydrogens is 320 g/mol. The van der Waals surface area contributed by atoms with Gasteiger partial charge >= 0.3 is 0 Å². The van der Waals surface area contributed by atoms with Gasteiger partial charge in [-0.1, -0.05) is 29.8 Å². The van der Waals surface area contributed by atoms with Gasteiger partial charge in [0.15, 0.2) is 0 Å². The molecule has 1 amide bonds. The fourth-order valence-corrected chi connectivity index (χ4v) is 3.70. The number of primary sulfonamides is 1.